The molecule has 8 atom stereocenters. The van der Waals surface area contributed by atoms with E-state index in [0.29, 0.717) is 12.8 Å². The Hall–Kier alpha value is -3.14. The van der Waals surface area contributed by atoms with Crippen molar-refractivity contribution in [2.24, 2.45) is 0 Å². The lowest BCUT2D eigenvalue weighted by molar-refractivity contribution is -0.213. The van der Waals surface area contributed by atoms with Gasteiger partial charge in [0.1, 0.15) is 43.2 Å². The fourth-order valence-corrected chi connectivity index (χ4v) is 7.52. The van der Waals surface area contributed by atoms with E-state index in [1.165, 1.54) is 44.9 Å². The predicted octanol–water partition coefficient (Wildman–Crippen LogP) is 4.95. The van der Waals surface area contributed by atoms with Crippen molar-refractivity contribution in [2.45, 2.75) is 140 Å². The van der Waals surface area contributed by atoms with Gasteiger partial charge in [0.2, 0.25) is 0 Å². The molecule has 1 fully saturated rings. The highest BCUT2D eigenvalue weighted by atomic mass is 32.1. The molecule has 0 amide bonds. The Kier molecular flexibility index (Phi) is 30.0. The molecule has 0 heterocycles. The van der Waals surface area contributed by atoms with Gasteiger partial charge in [-0.2, -0.15) is 13.5 Å². The fraction of sp³-hybridized carbons (Fsp3) is 0.632. The molecule has 61 heavy (non-hydrogen) atoms. The molecule has 19 nitrogen and oxygen atoms in total. The molecule has 0 aromatic carbocycles. The molecule has 0 aromatic rings. The van der Waals surface area contributed by atoms with Crippen molar-refractivity contribution in [1.29, 1.82) is 0 Å². The lowest BCUT2D eigenvalue weighted by Crippen LogP contribution is -2.65. The molecule has 4 unspecified atom stereocenters. The van der Waals surface area contributed by atoms with Crippen LogP contribution in [-0.2, 0) is 50.9 Å². The smallest absolute Gasteiger partial charge is 0.456 e. The molecule has 0 spiro atoms. The first-order valence-electron chi connectivity index (χ1n) is 18.8. The number of carbonyl (C=O) groups is 2. The van der Waals surface area contributed by atoms with Crippen LogP contribution >= 0.6 is 37.0 Å². The second-order valence-electron chi connectivity index (χ2n) is 13.0. The minimum absolute atomic E-state index is 0. The van der Waals surface area contributed by atoms with Gasteiger partial charge in [-0.1, -0.05) is 84.0 Å². The first-order valence-corrected chi connectivity index (χ1v) is 23.4. The number of terminal acetylenes is 1. The van der Waals surface area contributed by atoms with Gasteiger partial charge in [-0.25, -0.2) is 18.5 Å². The van der Waals surface area contributed by atoms with Gasteiger partial charge in [-0.3, -0.25) is 22.9 Å². The van der Waals surface area contributed by atoms with Crippen LogP contribution in [0.15, 0.2) is 0 Å². The summed E-state index contributed by atoms with van der Waals surface area (Å²) in [6, 6.07) is 0. The lowest BCUT2D eigenvalue weighted by atomic mass is 9.85. The van der Waals surface area contributed by atoms with Gasteiger partial charge in [-0.05, 0) is 65.6 Å². The third-order valence-electron chi connectivity index (χ3n) is 8.14. The second kappa shape index (κ2) is 31.7. The van der Waals surface area contributed by atoms with Crippen molar-refractivity contribution in [3.8, 4) is 71.5 Å². The highest BCUT2D eigenvalue weighted by Gasteiger charge is 2.56. The van der Waals surface area contributed by atoms with Crippen LogP contribution in [0.25, 0.3) is 0 Å². The van der Waals surface area contributed by atoms with Crippen LogP contribution in [0.2, 0.25) is 0 Å². The van der Waals surface area contributed by atoms with Gasteiger partial charge < -0.3 is 49.3 Å². The van der Waals surface area contributed by atoms with E-state index in [-0.39, 0.29) is 35.6 Å². The summed E-state index contributed by atoms with van der Waals surface area (Å²) < 4.78 is 64.4. The zero-order valence-corrected chi connectivity index (χ0v) is 37.0. The molecule has 8 N–H and O–H groups in total. The van der Waals surface area contributed by atoms with E-state index in [9.17, 15) is 63.1 Å². The highest BCUT2D eigenvalue weighted by molar-refractivity contribution is 7.59. The van der Waals surface area contributed by atoms with Gasteiger partial charge >= 0.3 is 35.4 Å². The zero-order valence-electron chi connectivity index (χ0n) is 33.3. The van der Waals surface area contributed by atoms with Crippen LogP contribution in [0.3, 0.4) is 0 Å². The Morgan fingerprint density at radius 3 is 1.43 bits per heavy atom. The van der Waals surface area contributed by atoms with E-state index in [1.807, 2.05) is 5.92 Å². The summed E-state index contributed by atoms with van der Waals surface area (Å²) in [7, 11) is -16.7. The van der Waals surface area contributed by atoms with Crippen molar-refractivity contribution >= 4 is 48.9 Å². The van der Waals surface area contributed by atoms with E-state index >= 15 is 0 Å². The SMILES string of the molecule is C#CC#CC#CC#CC#CC#CC(=O)OC[C@H](COP(=O)(O)OC1C(O)[C@@H](OP(=O)(O)O)C(O)[C@@H](OP(=O)(O)O)[C@H]1O)OC(=O)CCCCCCCCCCCCCCC.S.[HH].[HH].[HH].[HH].[HH].[HH].[HH].[HH].[HH].[HH].[HH]. The summed E-state index contributed by atoms with van der Waals surface area (Å²) in [6.07, 6.45) is 1.87. The van der Waals surface area contributed by atoms with E-state index in [2.05, 4.69) is 75.2 Å². The molecule has 0 aromatic heterocycles. The third-order valence-corrected chi connectivity index (χ3v) is 10.2. The first-order chi connectivity index (χ1) is 28.3. The van der Waals surface area contributed by atoms with Crippen LogP contribution in [0.1, 0.15) is 113 Å². The number of phosphoric ester groups is 3. The minimum Gasteiger partial charge on any atom is -0.456 e. The molecule has 1 aliphatic rings. The van der Waals surface area contributed by atoms with Gasteiger partial charge in [0.25, 0.3) is 0 Å². The maximum Gasteiger partial charge on any atom is 0.472 e. The van der Waals surface area contributed by atoms with Crippen molar-refractivity contribution in [3.05, 3.63) is 0 Å². The fourth-order valence-electron chi connectivity index (χ4n) is 5.41. The molecule has 362 valence electrons. The number of hydrogen-bond donors (Lipinski definition) is 8. The summed E-state index contributed by atoms with van der Waals surface area (Å²) in [4.78, 5) is 72.3. The Labute approximate surface area is 379 Å². The van der Waals surface area contributed by atoms with E-state index in [1.54, 1.807) is 0 Å². The van der Waals surface area contributed by atoms with E-state index in [0.717, 1.165) is 25.7 Å². The number of esters is 2. The monoisotopic (exact) mass is 960 g/mol. The van der Waals surface area contributed by atoms with Gasteiger partial charge in [0.05, 0.1) is 6.61 Å². The highest BCUT2D eigenvalue weighted by Crippen LogP contribution is 2.51. The number of carbonyl (C=O) groups excluding carboxylic acids is 2. The summed E-state index contributed by atoms with van der Waals surface area (Å²) in [5, 5.41) is 31.6. The molecule has 0 aliphatic heterocycles. The number of hydrogen-bond acceptors (Lipinski definition) is 14. The maximum atomic E-state index is 13.0. The number of rotatable bonds is 26. The molecule has 1 rings (SSSR count). The molecule has 23 heteroatoms. The van der Waals surface area contributed by atoms with Crippen molar-refractivity contribution in [2.75, 3.05) is 13.2 Å². The minimum atomic E-state index is -5.58. The predicted molar refractivity (Wildman–Crippen MR) is 245 cm³/mol. The number of aliphatic hydroxyl groups is 3. The molecular formula is C38H75O19P3S. The number of aliphatic hydroxyl groups excluding tert-OH is 3. The number of unbranched alkanes of at least 4 members (excludes halogenated alkanes) is 12. The van der Waals surface area contributed by atoms with Crippen LogP contribution < -0.4 is 0 Å². The summed E-state index contributed by atoms with van der Waals surface area (Å²) >= 11 is 0. The Bertz CT molecular complexity index is 1890. The third kappa shape index (κ3) is 28.2. The quantitative estimate of drug-likeness (QED) is 0.0187. The average Bonchev–Trinajstić information content (AvgIpc) is 3.16. The summed E-state index contributed by atoms with van der Waals surface area (Å²) in [5.74, 6) is 22.7. The van der Waals surface area contributed by atoms with Crippen LogP contribution in [0.4, 0.5) is 0 Å². The van der Waals surface area contributed by atoms with Crippen LogP contribution in [0, 0.1) is 71.5 Å². The van der Waals surface area contributed by atoms with E-state index < -0.39 is 91.3 Å². The van der Waals surface area contributed by atoms with E-state index in [4.69, 9.17) is 24.9 Å². The zero-order chi connectivity index (χ0) is 45.0. The Morgan fingerprint density at radius 2 is 1.00 bits per heavy atom. The maximum absolute atomic E-state index is 13.0. The largest absolute Gasteiger partial charge is 0.472 e. The summed E-state index contributed by atoms with van der Waals surface area (Å²) in [6.45, 7) is 0.339. The molecule has 0 radical (unpaired) electrons. The van der Waals surface area contributed by atoms with Crippen molar-refractivity contribution in [1.82, 2.24) is 0 Å². The lowest BCUT2D eigenvalue weighted by Gasteiger charge is -2.44. The average molecular weight is 961 g/mol. The molecule has 1 saturated carbocycles. The van der Waals surface area contributed by atoms with Gasteiger partial charge in [0.15, 0.2) is 6.10 Å². The second-order valence-corrected chi connectivity index (χ2v) is 16.8. The molecule has 0 bridgehead atoms. The van der Waals surface area contributed by atoms with Crippen molar-refractivity contribution in [3.63, 3.8) is 0 Å². The molecule has 1 aliphatic carbocycles. The van der Waals surface area contributed by atoms with Crippen LogP contribution in [0.5, 0.6) is 0 Å². The standard InChI is InChI=1S/C38H51O19P3.H2S.11H2/c1-3-5-7-9-11-13-15-16-17-19-21-23-25-27-32(40)54-30(28-52-31(39)26-24-22-20-18-14-12-10-8-6-4-2)29-53-60(50,51)57-38-34(42)36(55-58(44,45)46)33(41)37(35(38)43)56-59(47,48)49;;;;;;;;;;;;/h2,30,33-38,41-43H,3,5,7,9,11,13,15-17,19,21,23,25,27-29H2,1H3,(H,50,51)(H2,44,45,46)(H2,47,48,49);1H2;11*1H/t30-,33?,34-,35?,36-,37+,38?;;;;;;;;;;;;/m1............/s1. The normalized spacial score (nSPS) is 20.8. The Balaban J connectivity index is -0.000000300. The number of ether oxygens (including phenoxy) is 2. The Morgan fingerprint density at radius 1 is 0.607 bits per heavy atom. The first kappa shape index (κ1) is 57.9. The number of phosphoric acid groups is 3. The van der Waals surface area contributed by atoms with Gasteiger partial charge in [-0.15, -0.1) is 6.42 Å². The topological polar surface area (TPSA) is 303 Å². The molecular weight excluding hydrogens is 885 g/mol. The van der Waals surface area contributed by atoms with Crippen molar-refractivity contribution < 1.29 is 106 Å². The van der Waals surface area contributed by atoms with Gasteiger partial charge in [0, 0.05) is 28.0 Å². The molecule has 0 saturated heterocycles. The summed E-state index contributed by atoms with van der Waals surface area (Å²) in [5.41, 5.74) is 0. The van der Waals surface area contributed by atoms with Crippen LogP contribution in [-0.4, -0.2) is 108 Å².